The molecule has 0 fully saturated rings. The summed E-state index contributed by atoms with van der Waals surface area (Å²) < 4.78 is 38.9. The Balaban J connectivity index is 2.66. The molecular weight excluding hydrogens is 291 g/mol. The highest BCUT2D eigenvalue weighted by Gasteiger charge is 2.34. The summed E-state index contributed by atoms with van der Waals surface area (Å²) in [6, 6.07) is 6.26. The lowest BCUT2D eigenvalue weighted by Gasteiger charge is -2.12. The standard InChI is InChI=1S/C14H9ClF3NO/c1-8(20)9-5-10(7-11(15)6-9)13-12(14(16,17)18)3-2-4-19-13/h2-7H,1H3. The molecule has 1 aromatic carbocycles. The number of Topliss-reactive ketones (excluding diaryl/α,β-unsaturated/α-hetero) is 1. The van der Waals surface area contributed by atoms with Gasteiger partial charge in [-0.05, 0) is 37.3 Å². The molecule has 0 aliphatic heterocycles. The summed E-state index contributed by atoms with van der Waals surface area (Å²) in [7, 11) is 0. The molecule has 6 heteroatoms. The Morgan fingerprint density at radius 2 is 1.95 bits per heavy atom. The third-order valence-corrected chi connectivity index (χ3v) is 2.91. The first-order valence-electron chi connectivity index (χ1n) is 5.63. The number of hydrogen-bond donors (Lipinski definition) is 0. The lowest BCUT2D eigenvalue weighted by atomic mass is 10.0. The highest BCUT2D eigenvalue weighted by Crippen LogP contribution is 2.36. The number of hydrogen-bond acceptors (Lipinski definition) is 2. The van der Waals surface area contributed by atoms with Crippen LogP contribution in [0.15, 0.2) is 36.5 Å². The Bertz CT molecular complexity index is 668. The van der Waals surface area contributed by atoms with Crippen molar-refractivity contribution in [2.24, 2.45) is 0 Å². The molecule has 0 amide bonds. The second-order valence-corrected chi connectivity index (χ2v) is 4.62. The number of aromatic nitrogens is 1. The predicted molar refractivity (Wildman–Crippen MR) is 69.7 cm³/mol. The van der Waals surface area contributed by atoms with E-state index in [1.165, 1.54) is 37.4 Å². The van der Waals surface area contributed by atoms with Gasteiger partial charge < -0.3 is 0 Å². The first-order chi connectivity index (χ1) is 9.29. The maximum atomic E-state index is 13.0. The zero-order valence-electron chi connectivity index (χ0n) is 10.3. The number of rotatable bonds is 2. The normalized spacial score (nSPS) is 11.4. The average Bonchev–Trinajstić information content (AvgIpc) is 2.37. The van der Waals surface area contributed by atoms with Gasteiger partial charge in [-0.2, -0.15) is 13.2 Å². The molecule has 1 aromatic heterocycles. The molecular formula is C14H9ClF3NO. The monoisotopic (exact) mass is 299 g/mol. The van der Waals surface area contributed by atoms with Crippen molar-refractivity contribution >= 4 is 17.4 Å². The van der Waals surface area contributed by atoms with Gasteiger partial charge in [-0.25, -0.2) is 0 Å². The maximum absolute atomic E-state index is 13.0. The zero-order chi connectivity index (χ0) is 14.9. The SMILES string of the molecule is CC(=O)c1cc(Cl)cc(-c2ncccc2C(F)(F)F)c1. The van der Waals surface area contributed by atoms with Gasteiger partial charge in [-0.1, -0.05) is 11.6 Å². The van der Waals surface area contributed by atoms with Gasteiger partial charge in [0, 0.05) is 22.3 Å². The van der Waals surface area contributed by atoms with Crippen LogP contribution >= 0.6 is 11.6 Å². The van der Waals surface area contributed by atoms with Crippen molar-refractivity contribution in [3.63, 3.8) is 0 Å². The molecule has 0 saturated heterocycles. The number of benzene rings is 1. The minimum atomic E-state index is -4.53. The molecule has 0 aliphatic rings. The Hall–Kier alpha value is -1.88. The van der Waals surface area contributed by atoms with Crippen molar-refractivity contribution in [2.45, 2.75) is 13.1 Å². The molecule has 0 radical (unpaired) electrons. The van der Waals surface area contributed by atoms with Crippen LogP contribution in [0.3, 0.4) is 0 Å². The van der Waals surface area contributed by atoms with Gasteiger partial charge in [0.15, 0.2) is 5.78 Å². The fraction of sp³-hybridized carbons (Fsp3) is 0.143. The molecule has 104 valence electrons. The topological polar surface area (TPSA) is 30.0 Å². The van der Waals surface area contributed by atoms with Gasteiger partial charge in [-0.15, -0.1) is 0 Å². The Labute approximate surface area is 118 Å². The van der Waals surface area contributed by atoms with Crippen LogP contribution in [-0.4, -0.2) is 10.8 Å². The van der Waals surface area contributed by atoms with Crippen molar-refractivity contribution in [2.75, 3.05) is 0 Å². The van der Waals surface area contributed by atoms with E-state index in [1.807, 2.05) is 0 Å². The van der Waals surface area contributed by atoms with E-state index in [0.717, 1.165) is 6.07 Å². The molecule has 1 heterocycles. The molecule has 0 saturated carbocycles. The average molecular weight is 300 g/mol. The van der Waals surface area contributed by atoms with Crippen molar-refractivity contribution < 1.29 is 18.0 Å². The lowest BCUT2D eigenvalue weighted by molar-refractivity contribution is -0.137. The summed E-state index contributed by atoms with van der Waals surface area (Å²) in [4.78, 5) is 15.1. The Morgan fingerprint density at radius 1 is 1.25 bits per heavy atom. The van der Waals surface area contributed by atoms with Crippen LogP contribution in [0.25, 0.3) is 11.3 Å². The van der Waals surface area contributed by atoms with Gasteiger partial charge in [0.25, 0.3) is 0 Å². The Kier molecular flexibility index (Phi) is 3.81. The van der Waals surface area contributed by atoms with Crippen LogP contribution < -0.4 is 0 Å². The van der Waals surface area contributed by atoms with Crippen molar-refractivity contribution in [3.8, 4) is 11.3 Å². The summed E-state index contributed by atoms with van der Waals surface area (Å²) >= 11 is 5.85. The first kappa shape index (κ1) is 14.5. The lowest BCUT2D eigenvalue weighted by Crippen LogP contribution is -2.08. The maximum Gasteiger partial charge on any atom is 0.418 e. The van der Waals surface area contributed by atoms with Gasteiger partial charge in [-0.3, -0.25) is 9.78 Å². The van der Waals surface area contributed by atoms with E-state index in [1.54, 1.807) is 0 Å². The fourth-order valence-electron chi connectivity index (χ4n) is 1.79. The number of halogens is 4. The van der Waals surface area contributed by atoms with Crippen LogP contribution in [0.4, 0.5) is 13.2 Å². The molecule has 0 atom stereocenters. The zero-order valence-corrected chi connectivity index (χ0v) is 11.1. The molecule has 0 aliphatic carbocycles. The molecule has 2 aromatic rings. The number of nitrogens with zero attached hydrogens (tertiary/aromatic N) is 1. The van der Waals surface area contributed by atoms with Crippen molar-refractivity contribution in [3.05, 3.63) is 52.7 Å². The summed E-state index contributed by atoms with van der Waals surface area (Å²) in [6.45, 7) is 1.32. The highest BCUT2D eigenvalue weighted by molar-refractivity contribution is 6.31. The van der Waals surface area contributed by atoms with E-state index in [9.17, 15) is 18.0 Å². The molecule has 0 bridgehead atoms. The minimum absolute atomic E-state index is 0.163. The molecule has 2 rings (SSSR count). The van der Waals surface area contributed by atoms with Crippen LogP contribution in [0.5, 0.6) is 0 Å². The van der Waals surface area contributed by atoms with Gasteiger partial charge in [0.1, 0.15) is 0 Å². The molecule has 0 N–H and O–H groups in total. The fourth-order valence-corrected chi connectivity index (χ4v) is 2.03. The summed E-state index contributed by atoms with van der Waals surface area (Å²) in [5.41, 5.74) is -0.705. The van der Waals surface area contributed by atoms with Gasteiger partial charge in [0.2, 0.25) is 0 Å². The molecule has 2 nitrogen and oxygen atoms in total. The molecule has 20 heavy (non-hydrogen) atoms. The van der Waals surface area contributed by atoms with E-state index in [4.69, 9.17) is 11.6 Å². The summed E-state index contributed by atoms with van der Waals surface area (Å²) in [5.74, 6) is -0.279. The van der Waals surface area contributed by atoms with E-state index >= 15 is 0 Å². The Morgan fingerprint density at radius 3 is 2.55 bits per heavy atom. The van der Waals surface area contributed by atoms with Crippen LogP contribution in [0.1, 0.15) is 22.8 Å². The van der Waals surface area contributed by atoms with Crippen molar-refractivity contribution in [1.29, 1.82) is 0 Å². The van der Waals surface area contributed by atoms with Gasteiger partial charge in [0.05, 0.1) is 11.3 Å². The highest BCUT2D eigenvalue weighted by atomic mass is 35.5. The quantitative estimate of drug-likeness (QED) is 0.757. The molecule has 0 spiro atoms. The minimum Gasteiger partial charge on any atom is -0.295 e. The largest absolute Gasteiger partial charge is 0.418 e. The van der Waals surface area contributed by atoms with E-state index < -0.39 is 11.7 Å². The smallest absolute Gasteiger partial charge is 0.295 e. The number of ketones is 1. The molecule has 0 unspecified atom stereocenters. The second-order valence-electron chi connectivity index (χ2n) is 4.18. The van der Waals surface area contributed by atoms with Crippen LogP contribution in [-0.2, 0) is 6.18 Å². The first-order valence-corrected chi connectivity index (χ1v) is 6.01. The summed E-state index contributed by atoms with van der Waals surface area (Å²) in [6.07, 6.45) is -3.26. The number of carbonyl (C=O) groups excluding carboxylic acids is 1. The summed E-state index contributed by atoms with van der Waals surface area (Å²) in [5, 5.41) is 0.187. The number of alkyl halides is 3. The van der Waals surface area contributed by atoms with E-state index in [0.29, 0.717) is 0 Å². The van der Waals surface area contributed by atoms with Crippen LogP contribution in [0, 0.1) is 0 Å². The van der Waals surface area contributed by atoms with Crippen LogP contribution in [0.2, 0.25) is 5.02 Å². The van der Waals surface area contributed by atoms with E-state index in [2.05, 4.69) is 4.98 Å². The van der Waals surface area contributed by atoms with E-state index in [-0.39, 0.29) is 27.6 Å². The van der Waals surface area contributed by atoms with Crippen molar-refractivity contribution in [1.82, 2.24) is 4.98 Å². The third-order valence-electron chi connectivity index (χ3n) is 2.69. The predicted octanol–water partition coefficient (Wildman–Crippen LogP) is 4.62. The van der Waals surface area contributed by atoms with Gasteiger partial charge >= 0.3 is 6.18 Å². The number of carbonyl (C=O) groups is 1. The third kappa shape index (κ3) is 2.99. The number of pyridine rings is 1. The second kappa shape index (κ2) is 5.25.